The Labute approximate surface area is 154 Å². The molecule has 6 heteroatoms. The third-order valence-corrected chi connectivity index (χ3v) is 4.10. The maximum Gasteiger partial charge on any atom is 0.270 e. The molecule has 0 spiro atoms. The molecule has 2 aromatic carbocycles. The van der Waals surface area contributed by atoms with Gasteiger partial charge in [-0.3, -0.25) is 10.1 Å². The molecule has 5 nitrogen and oxygen atoms in total. The van der Waals surface area contributed by atoms with Crippen molar-refractivity contribution in [1.82, 2.24) is 0 Å². The van der Waals surface area contributed by atoms with Gasteiger partial charge in [-0.1, -0.05) is 29.8 Å². The van der Waals surface area contributed by atoms with Gasteiger partial charge in [0.05, 0.1) is 16.6 Å². The van der Waals surface area contributed by atoms with Crippen molar-refractivity contribution in [2.24, 2.45) is 0 Å². The minimum atomic E-state index is -0.495. The summed E-state index contributed by atoms with van der Waals surface area (Å²) in [6, 6.07) is 17.1. The van der Waals surface area contributed by atoms with E-state index in [4.69, 9.17) is 16.0 Å². The van der Waals surface area contributed by atoms with Crippen molar-refractivity contribution in [2.45, 2.75) is 6.92 Å². The zero-order chi connectivity index (χ0) is 18.7. The van der Waals surface area contributed by atoms with Crippen molar-refractivity contribution in [3.63, 3.8) is 0 Å². The largest absolute Gasteiger partial charge is 0.457 e. The summed E-state index contributed by atoms with van der Waals surface area (Å²) in [5.74, 6) is 1.11. The van der Waals surface area contributed by atoms with E-state index in [2.05, 4.69) is 6.07 Å². The maximum atomic E-state index is 10.9. The molecule has 0 bridgehead atoms. The van der Waals surface area contributed by atoms with Crippen LogP contribution in [0.2, 0.25) is 5.02 Å². The molecule has 0 aliphatic carbocycles. The topological polar surface area (TPSA) is 80.1 Å². The SMILES string of the molecule is Cc1ccc(Cl)cc1-c1ccc(/C=C(/C#N)c2cccc([N+](=O)[O-])c2)o1. The number of nitro benzene ring substituents is 1. The van der Waals surface area contributed by atoms with E-state index in [-0.39, 0.29) is 11.3 Å². The second-order valence-corrected chi connectivity index (χ2v) is 6.07. The fourth-order valence-corrected chi connectivity index (χ4v) is 2.72. The molecule has 26 heavy (non-hydrogen) atoms. The smallest absolute Gasteiger partial charge is 0.270 e. The fourth-order valence-electron chi connectivity index (χ4n) is 2.54. The van der Waals surface area contributed by atoms with E-state index in [0.29, 0.717) is 22.1 Å². The van der Waals surface area contributed by atoms with Gasteiger partial charge in [-0.05, 0) is 48.4 Å². The molecule has 3 rings (SSSR count). The van der Waals surface area contributed by atoms with Crippen LogP contribution in [-0.2, 0) is 0 Å². The van der Waals surface area contributed by atoms with Crippen LogP contribution in [-0.4, -0.2) is 4.92 Å². The van der Waals surface area contributed by atoms with Crippen molar-refractivity contribution >= 4 is 28.9 Å². The van der Waals surface area contributed by atoms with E-state index < -0.39 is 4.92 Å². The molecule has 0 atom stereocenters. The third-order valence-electron chi connectivity index (χ3n) is 3.87. The van der Waals surface area contributed by atoms with E-state index >= 15 is 0 Å². The Kier molecular flexibility index (Phi) is 4.87. The molecule has 0 saturated carbocycles. The number of hydrogen-bond donors (Lipinski definition) is 0. The number of benzene rings is 2. The van der Waals surface area contributed by atoms with Gasteiger partial charge in [0.1, 0.15) is 11.5 Å². The Hall–Kier alpha value is -3.36. The molecule has 128 valence electrons. The highest BCUT2D eigenvalue weighted by atomic mass is 35.5. The molecule has 1 heterocycles. The molecule has 0 unspecified atom stereocenters. The Balaban J connectivity index is 1.98. The van der Waals surface area contributed by atoms with Crippen molar-refractivity contribution in [3.05, 3.63) is 86.6 Å². The summed E-state index contributed by atoms with van der Waals surface area (Å²) in [5.41, 5.74) is 2.54. The predicted octanol–water partition coefficient (Wildman–Crippen LogP) is 5.88. The number of nitriles is 1. The number of hydrogen-bond acceptors (Lipinski definition) is 4. The highest BCUT2D eigenvalue weighted by Gasteiger charge is 2.11. The minimum Gasteiger partial charge on any atom is -0.457 e. The summed E-state index contributed by atoms with van der Waals surface area (Å²) in [7, 11) is 0. The Bertz CT molecular complexity index is 1060. The molecule has 0 saturated heterocycles. The van der Waals surface area contributed by atoms with Crippen LogP contribution in [0, 0.1) is 28.4 Å². The van der Waals surface area contributed by atoms with E-state index in [0.717, 1.165) is 11.1 Å². The first kappa shape index (κ1) is 17.5. The van der Waals surface area contributed by atoms with Crippen LogP contribution in [0.4, 0.5) is 5.69 Å². The molecule has 0 radical (unpaired) electrons. The molecule has 0 N–H and O–H groups in total. The molecule has 0 aliphatic heterocycles. The van der Waals surface area contributed by atoms with Gasteiger partial charge in [-0.25, -0.2) is 0 Å². The van der Waals surface area contributed by atoms with Crippen LogP contribution in [0.5, 0.6) is 0 Å². The number of nitrogens with zero attached hydrogens (tertiary/aromatic N) is 2. The summed E-state index contributed by atoms with van der Waals surface area (Å²) < 4.78 is 5.82. The van der Waals surface area contributed by atoms with E-state index in [9.17, 15) is 15.4 Å². The zero-order valence-electron chi connectivity index (χ0n) is 13.8. The molecule has 0 aliphatic rings. The monoisotopic (exact) mass is 364 g/mol. The average Bonchev–Trinajstić information content (AvgIpc) is 3.10. The van der Waals surface area contributed by atoms with Gasteiger partial charge in [-0.2, -0.15) is 5.26 Å². The minimum absolute atomic E-state index is 0.0710. The molecule has 0 fully saturated rings. The number of allylic oxidation sites excluding steroid dienone is 1. The first-order valence-electron chi connectivity index (χ1n) is 7.71. The quantitative estimate of drug-likeness (QED) is 0.329. The Morgan fingerprint density at radius 3 is 2.77 bits per heavy atom. The molecule has 0 amide bonds. The Morgan fingerprint density at radius 1 is 1.23 bits per heavy atom. The lowest BCUT2D eigenvalue weighted by Gasteiger charge is -2.03. The Morgan fingerprint density at radius 2 is 2.04 bits per heavy atom. The van der Waals surface area contributed by atoms with Crippen LogP contribution in [0.3, 0.4) is 0 Å². The van der Waals surface area contributed by atoms with Gasteiger partial charge >= 0.3 is 0 Å². The van der Waals surface area contributed by atoms with E-state index in [1.807, 2.05) is 19.1 Å². The summed E-state index contributed by atoms with van der Waals surface area (Å²) >= 11 is 6.05. The van der Waals surface area contributed by atoms with Crippen LogP contribution < -0.4 is 0 Å². The van der Waals surface area contributed by atoms with Crippen LogP contribution >= 0.6 is 11.6 Å². The van der Waals surface area contributed by atoms with Gasteiger partial charge in [0.25, 0.3) is 5.69 Å². The molecule has 3 aromatic rings. The lowest BCUT2D eigenvalue weighted by Crippen LogP contribution is -1.89. The van der Waals surface area contributed by atoms with E-state index in [1.54, 1.807) is 36.4 Å². The second kappa shape index (κ2) is 7.26. The highest BCUT2D eigenvalue weighted by molar-refractivity contribution is 6.30. The average molecular weight is 365 g/mol. The van der Waals surface area contributed by atoms with Crippen LogP contribution in [0.1, 0.15) is 16.9 Å². The van der Waals surface area contributed by atoms with Crippen molar-refractivity contribution in [1.29, 1.82) is 5.26 Å². The standard InChI is InChI=1S/C20H13ClN2O3/c1-13-5-6-16(21)11-19(13)20-8-7-18(26-20)10-15(12-22)14-3-2-4-17(9-14)23(24)25/h2-11H,1H3/b15-10-. The summed E-state index contributed by atoms with van der Waals surface area (Å²) in [5, 5.41) is 20.9. The number of halogens is 1. The van der Waals surface area contributed by atoms with Crippen molar-refractivity contribution in [2.75, 3.05) is 0 Å². The number of furan rings is 1. The van der Waals surface area contributed by atoms with Crippen LogP contribution in [0.25, 0.3) is 23.0 Å². The summed E-state index contributed by atoms with van der Waals surface area (Å²) in [4.78, 5) is 10.4. The van der Waals surface area contributed by atoms with Gasteiger partial charge in [0.15, 0.2) is 0 Å². The van der Waals surface area contributed by atoms with Gasteiger partial charge in [0.2, 0.25) is 0 Å². The maximum absolute atomic E-state index is 10.9. The second-order valence-electron chi connectivity index (χ2n) is 5.64. The van der Waals surface area contributed by atoms with Gasteiger partial charge in [0, 0.05) is 22.7 Å². The lowest BCUT2D eigenvalue weighted by atomic mass is 10.1. The lowest BCUT2D eigenvalue weighted by molar-refractivity contribution is -0.384. The number of nitro groups is 1. The number of aryl methyl sites for hydroxylation is 1. The van der Waals surface area contributed by atoms with Crippen molar-refractivity contribution in [3.8, 4) is 17.4 Å². The molecular weight excluding hydrogens is 352 g/mol. The molecule has 1 aromatic heterocycles. The summed E-state index contributed by atoms with van der Waals surface area (Å²) in [6.45, 7) is 1.95. The normalized spacial score (nSPS) is 11.2. The third kappa shape index (κ3) is 3.66. The van der Waals surface area contributed by atoms with Gasteiger partial charge in [-0.15, -0.1) is 0 Å². The summed E-state index contributed by atoms with van der Waals surface area (Å²) in [6.07, 6.45) is 1.56. The predicted molar refractivity (Wildman–Crippen MR) is 100 cm³/mol. The fraction of sp³-hybridized carbons (Fsp3) is 0.0500. The van der Waals surface area contributed by atoms with Crippen LogP contribution in [0.15, 0.2) is 59.0 Å². The first-order chi connectivity index (χ1) is 12.5. The highest BCUT2D eigenvalue weighted by Crippen LogP contribution is 2.30. The number of non-ortho nitro benzene ring substituents is 1. The van der Waals surface area contributed by atoms with Crippen molar-refractivity contribution < 1.29 is 9.34 Å². The first-order valence-corrected chi connectivity index (χ1v) is 8.08. The number of rotatable bonds is 4. The zero-order valence-corrected chi connectivity index (χ0v) is 14.5. The molecular formula is C20H13ClN2O3. The van der Waals surface area contributed by atoms with E-state index in [1.165, 1.54) is 12.1 Å². The van der Waals surface area contributed by atoms with Gasteiger partial charge < -0.3 is 4.42 Å².